The van der Waals surface area contributed by atoms with Gasteiger partial charge in [0.1, 0.15) is 0 Å². The minimum atomic E-state index is -4.62. The number of alkyl halides is 3. The lowest BCUT2D eigenvalue weighted by molar-refractivity contribution is -0.137. The number of pyridine rings is 2. The molecule has 1 atom stereocenters. The Labute approximate surface area is 240 Å². The quantitative estimate of drug-likeness (QED) is 0.331. The van der Waals surface area contributed by atoms with Gasteiger partial charge in [0, 0.05) is 66.5 Å². The van der Waals surface area contributed by atoms with Crippen LogP contribution in [0.1, 0.15) is 23.5 Å². The van der Waals surface area contributed by atoms with Crippen LogP contribution in [0.25, 0.3) is 27.5 Å². The molecule has 0 spiro atoms. The molecule has 42 heavy (non-hydrogen) atoms. The zero-order valence-electron chi connectivity index (χ0n) is 22.6. The second-order valence-corrected chi connectivity index (χ2v) is 12.3. The molecule has 2 N–H and O–H groups in total. The van der Waals surface area contributed by atoms with Gasteiger partial charge in [-0.05, 0) is 54.5 Å². The number of sulfonamides is 1. The Kier molecular flexibility index (Phi) is 7.06. The first-order chi connectivity index (χ1) is 20.0. The van der Waals surface area contributed by atoms with Gasteiger partial charge in [-0.1, -0.05) is 18.2 Å². The highest BCUT2D eigenvalue weighted by atomic mass is 32.2. The highest BCUT2D eigenvalue weighted by Crippen LogP contribution is 2.39. The standard InChI is InChI=1S/C30H28F3N5O3S/c1-42(40,41)36-22-6-2-19(3-7-22)20-4-9-26-24(16-20)29-21(18-35-26)5-11-28(39)38(29)23-8-10-27(25(17-23)30(31,32)33)37-14-12-34-13-15-37/h2,4-11,16-19,34,36H,3,12-15H2,1H3. The van der Waals surface area contributed by atoms with Crippen LogP contribution in [0, 0.1) is 0 Å². The number of hydrogen-bond donors (Lipinski definition) is 2. The van der Waals surface area contributed by atoms with Crippen molar-refractivity contribution in [3.8, 4) is 5.69 Å². The van der Waals surface area contributed by atoms with Crippen molar-refractivity contribution in [1.82, 2.24) is 19.6 Å². The Morgan fingerprint density at radius 3 is 2.52 bits per heavy atom. The van der Waals surface area contributed by atoms with E-state index in [1.807, 2.05) is 24.3 Å². The number of rotatable bonds is 5. The highest BCUT2D eigenvalue weighted by Gasteiger charge is 2.36. The number of halogens is 3. The summed E-state index contributed by atoms with van der Waals surface area (Å²) >= 11 is 0. The van der Waals surface area contributed by atoms with Gasteiger partial charge >= 0.3 is 6.18 Å². The average Bonchev–Trinajstić information content (AvgIpc) is 2.96. The number of benzene rings is 2. The predicted molar refractivity (Wildman–Crippen MR) is 157 cm³/mol. The van der Waals surface area contributed by atoms with Crippen molar-refractivity contribution in [2.45, 2.75) is 18.5 Å². The Bertz CT molecular complexity index is 1930. The van der Waals surface area contributed by atoms with Crippen LogP contribution in [0.4, 0.5) is 18.9 Å². The van der Waals surface area contributed by atoms with E-state index >= 15 is 0 Å². The maximum Gasteiger partial charge on any atom is 0.418 e. The number of nitrogens with one attached hydrogen (secondary N) is 2. The zero-order valence-corrected chi connectivity index (χ0v) is 23.5. The summed E-state index contributed by atoms with van der Waals surface area (Å²) in [6.45, 7) is 2.08. The van der Waals surface area contributed by atoms with E-state index in [1.54, 1.807) is 35.4 Å². The Hall–Kier alpha value is -4.16. The third kappa shape index (κ3) is 5.51. The van der Waals surface area contributed by atoms with Gasteiger partial charge in [-0.3, -0.25) is 19.1 Å². The monoisotopic (exact) mass is 595 g/mol. The first-order valence-corrected chi connectivity index (χ1v) is 15.3. The number of aromatic nitrogens is 2. The van der Waals surface area contributed by atoms with Crippen LogP contribution in [0.2, 0.25) is 0 Å². The molecule has 3 heterocycles. The Balaban J connectivity index is 1.48. The number of fused-ring (bicyclic) bond motifs is 3. The molecular weight excluding hydrogens is 567 g/mol. The van der Waals surface area contributed by atoms with Crippen molar-refractivity contribution >= 4 is 37.5 Å². The Morgan fingerprint density at radius 2 is 1.83 bits per heavy atom. The van der Waals surface area contributed by atoms with Crippen molar-refractivity contribution in [2.75, 3.05) is 37.3 Å². The molecule has 1 unspecified atom stereocenters. The summed E-state index contributed by atoms with van der Waals surface area (Å²) in [5.74, 6) is -0.0752. The van der Waals surface area contributed by atoms with E-state index < -0.39 is 27.3 Å². The van der Waals surface area contributed by atoms with Gasteiger partial charge in [0.15, 0.2) is 0 Å². The van der Waals surface area contributed by atoms with Crippen molar-refractivity contribution < 1.29 is 21.6 Å². The summed E-state index contributed by atoms with van der Waals surface area (Å²) in [4.78, 5) is 19.6. The van der Waals surface area contributed by atoms with E-state index in [0.717, 1.165) is 17.9 Å². The summed E-state index contributed by atoms with van der Waals surface area (Å²) in [6, 6.07) is 12.7. The summed E-state index contributed by atoms with van der Waals surface area (Å²) in [5.41, 5.74) is 1.41. The molecule has 2 aromatic carbocycles. The van der Waals surface area contributed by atoms with E-state index in [4.69, 9.17) is 0 Å². The van der Waals surface area contributed by atoms with Gasteiger partial charge in [-0.15, -0.1) is 0 Å². The van der Waals surface area contributed by atoms with Gasteiger partial charge in [-0.25, -0.2) is 8.42 Å². The summed E-state index contributed by atoms with van der Waals surface area (Å²) in [5, 5.41) is 4.39. The lowest BCUT2D eigenvalue weighted by atomic mass is 9.90. The molecule has 218 valence electrons. The molecule has 0 saturated carbocycles. The van der Waals surface area contributed by atoms with Crippen molar-refractivity contribution in [3.05, 3.63) is 100 Å². The fraction of sp³-hybridized carbons (Fsp3) is 0.267. The summed E-state index contributed by atoms with van der Waals surface area (Å²) in [6.07, 6.45) is 4.01. The van der Waals surface area contributed by atoms with Crippen LogP contribution >= 0.6 is 0 Å². The Morgan fingerprint density at radius 1 is 1.05 bits per heavy atom. The minimum absolute atomic E-state index is 0.0752. The van der Waals surface area contributed by atoms with Gasteiger partial charge in [0.2, 0.25) is 10.0 Å². The predicted octanol–water partition coefficient (Wildman–Crippen LogP) is 4.44. The van der Waals surface area contributed by atoms with Crippen LogP contribution < -0.4 is 20.5 Å². The molecule has 1 saturated heterocycles. The van der Waals surface area contributed by atoms with E-state index in [-0.39, 0.29) is 17.3 Å². The number of anilines is 1. The molecule has 6 rings (SSSR count). The first kappa shape index (κ1) is 28.0. The van der Waals surface area contributed by atoms with Crippen molar-refractivity contribution in [3.63, 3.8) is 0 Å². The van der Waals surface area contributed by atoms with E-state index in [9.17, 15) is 26.4 Å². The van der Waals surface area contributed by atoms with Crippen LogP contribution in [-0.4, -0.2) is 50.4 Å². The molecule has 12 heteroatoms. The third-order valence-corrected chi connectivity index (χ3v) is 8.18. The topological polar surface area (TPSA) is 96.3 Å². The molecule has 2 aromatic heterocycles. The first-order valence-electron chi connectivity index (χ1n) is 13.5. The molecule has 2 aliphatic rings. The fourth-order valence-corrected chi connectivity index (χ4v) is 6.22. The van der Waals surface area contributed by atoms with Gasteiger partial charge in [0.05, 0.1) is 28.5 Å². The molecule has 8 nitrogen and oxygen atoms in total. The van der Waals surface area contributed by atoms with Crippen LogP contribution in [0.3, 0.4) is 0 Å². The maximum absolute atomic E-state index is 14.4. The number of allylic oxidation sites excluding steroid dienone is 3. The SMILES string of the molecule is CS(=O)(=O)NC1=CCC(c2ccc3ncc4ccc(=O)n(-c5ccc(N6CCNCC6)c(C(F)(F)F)c5)c4c3c2)C=C1. The number of piperazine rings is 1. The maximum atomic E-state index is 14.4. The van der Waals surface area contributed by atoms with Crippen molar-refractivity contribution in [1.29, 1.82) is 0 Å². The third-order valence-electron chi connectivity index (χ3n) is 7.57. The van der Waals surface area contributed by atoms with Crippen molar-refractivity contribution in [2.24, 2.45) is 0 Å². The number of nitrogens with zero attached hydrogens (tertiary/aromatic N) is 3. The minimum Gasteiger partial charge on any atom is -0.368 e. The number of hydrogen-bond acceptors (Lipinski definition) is 6. The largest absolute Gasteiger partial charge is 0.418 e. The normalized spacial score (nSPS) is 18.0. The van der Waals surface area contributed by atoms with E-state index in [2.05, 4.69) is 15.0 Å². The lowest BCUT2D eigenvalue weighted by Gasteiger charge is -2.32. The molecule has 1 aliphatic carbocycles. The zero-order chi connectivity index (χ0) is 29.6. The van der Waals surface area contributed by atoms with Crippen LogP contribution in [-0.2, 0) is 16.2 Å². The lowest BCUT2D eigenvalue weighted by Crippen LogP contribution is -2.44. The van der Waals surface area contributed by atoms with E-state index in [0.29, 0.717) is 60.1 Å². The molecular formula is C30H28F3N5O3S. The molecule has 4 aromatic rings. The second kappa shape index (κ2) is 10.6. The smallest absolute Gasteiger partial charge is 0.368 e. The summed E-state index contributed by atoms with van der Waals surface area (Å²) < 4.78 is 70.0. The highest BCUT2D eigenvalue weighted by molar-refractivity contribution is 7.88. The molecule has 0 amide bonds. The van der Waals surface area contributed by atoms with Crippen LogP contribution in [0.5, 0.6) is 0 Å². The molecule has 1 fully saturated rings. The molecule has 0 bridgehead atoms. The summed E-state index contributed by atoms with van der Waals surface area (Å²) in [7, 11) is -3.40. The fourth-order valence-electron chi connectivity index (χ4n) is 5.64. The van der Waals surface area contributed by atoms with E-state index in [1.165, 1.54) is 16.7 Å². The van der Waals surface area contributed by atoms with Gasteiger partial charge in [-0.2, -0.15) is 13.2 Å². The molecule has 0 radical (unpaired) electrons. The average molecular weight is 596 g/mol. The second-order valence-electron chi connectivity index (χ2n) is 10.5. The van der Waals surface area contributed by atoms with Gasteiger partial charge < -0.3 is 10.2 Å². The molecule has 1 aliphatic heterocycles. The van der Waals surface area contributed by atoms with Crippen LogP contribution in [0.15, 0.2) is 83.4 Å². The van der Waals surface area contributed by atoms with Gasteiger partial charge in [0.25, 0.3) is 5.56 Å².